The monoisotopic (exact) mass is 364 g/mol. The first-order valence-electron chi connectivity index (χ1n) is 8.54. The molecule has 0 atom stereocenters. The van der Waals surface area contributed by atoms with Gasteiger partial charge >= 0.3 is 0 Å². The number of rotatable bonds is 10. The van der Waals surface area contributed by atoms with Crippen molar-refractivity contribution >= 4 is 11.9 Å². The molecule has 2 aromatic rings. The fraction of sp³-hybridized carbons (Fsp3) is 0.174. The quantitative estimate of drug-likeness (QED) is 0.342. The van der Waals surface area contributed by atoms with Crippen LogP contribution in [0.2, 0.25) is 0 Å². The van der Waals surface area contributed by atoms with Gasteiger partial charge in [-0.1, -0.05) is 18.7 Å². The van der Waals surface area contributed by atoms with Crippen LogP contribution < -0.4 is 14.2 Å². The molecule has 0 aliphatic carbocycles. The maximum Gasteiger partial charge on any atom is 0.185 e. The summed E-state index contributed by atoms with van der Waals surface area (Å²) in [5, 5.41) is 0. The van der Waals surface area contributed by atoms with Crippen LogP contribution in [-0.2, 0) is 6.42 Å². The second kappa shape index (κ2) is 10.0. The van der Waals surface area contributed by atoms with Crippen LogP contribution in [0, 0.1) is 0 Å². The van der Waals surface area contributed by atoms with E-state index in [1.807, 2.05) is 12.1 Å². The van der Waals surface area contributed by atoms with Crippen molar-refractivity contribution in [3.05, 3.63) is 84.5 Å². The Balaban J connectivity index is 2.22. The largest absolute Gasteiger partial charge is 0.496 e. The highest BCUT2D eigenvalue weighted by Gasteiger charge is 2.09. The van der Waals surface area contributed by atoms with Crippen molar-refractivity contribution in [1.82, 2.24) is 0 Å². The summed E-state index contributed by atoms with van der Waals surface area (Å²) in [4.78, 5) is 12.5. The number of methoxy groups -OCH3 is 2. The van der Waals surface area contributed by atoms with E-state index in [9.17, 15) is 4.79 Å². The lowest BCUT2D eigenvalue weighted by atomic mass is 10.0. The molecule has 0 aromatic heterocycles. The summed E-state index contributed by atoms with van der Waals surface area (Å²) in [5.74, 6) is 1.96. The minimum absolute atomic E-state index is 0.103. The van der Waals surface area contributed by atoms with E-state index in [1.54, 1.807) is 56.7 Å². The smallest absolute Gasteiger partial charge is 0.185 e. The molecule has 0 bridgehead atoms. The number of carbonyl (C=O) groups is 1. The molecule has 0 aliphatic heterocycles. The fourth-order valence-corrected chi connectivity index (χ4v) is 2.57. The lowest BCUT2D eigenvalue weighted by molar-refractivity contribution is 0.104. The molecule has 4 heteroatoms. The van der Waals surface area contributed by atoms with Crippen LogP contribution in [0.3, 0.4) is 0 Å². The average Bonchev–Trinajstić information content (AvgIpc) is 2.71. The zero-order valence-corrected chi connectivity index (χ0v) is 15.7. The third kappa shape index (κ3) is 5.35. The van der Waals surface area contributed by atoms with Gasteiger partial charge in [0.05, 0.1) is 14.2 Å². The molecule has 0 fully saturated rings. The molecular formula is C23H24O4. The summed E-state index contributed by atoms with van der Waals surface area (Å²) < 4.78 is 16.2. The molecule has 0 spiro atoms. The summed E-state index contributed by atoms with van der Waals surface area (Å²) in [6, 6.07) is 10.8. The van der Waals surface area contributed by atoms with Crippen molar-refractivity contribution in [2.24, 2.45) is 0 Å². The molecule has 0 radical (unpaired) electrons. The van der Waals surface area contributed by atoms with Gasteiger partial charge in [-0.3, -0.25) is 4.79 Å². The first-order valence-corrected chi connectivity index (χ1v) is 8.54. The lowest BCUT2D eigenvalue weighted by Gasteiger charge is -2.12. The van der Waals surface area contributed by atoms with Crippen molar-refractivity contribution in [3.63, 3.8) is 0 Å². The standard InChI is InChI=1S/C23H24O4/c1-5-7-18-15-19(23(26-4)16-22(18)25-3)10-13-21(24)17-8-11-20(12-9-17)27-14-6-2/h5-6,8-13,15-16H,1-2,7,14H2,3-4H3/b13-10+. The number of ketones is 1. The lowest BCUT2D eigenvalue weighted by Crippen LogP contribution is -1.97. The molecule has 4 nitrogen and oxygen atoms in total. The number of allylic oxidation sites excluding steroid dienone is 2. The van der Waals surface area contributed by atoms with E-state index in [1.165, 1.54) is 6.08 Å². The maximum absolute atomic E-state index is 12.5. The van der Waals surface area contributed by atoms with Gasteiger partial charge in [-0.2, -0.15) is 0 Å². The van der Waals surface area contributed by atoms with E-state index in [0.29, 0.717) is 30.1 Å². The molecular weight excluding hydrogens is 340 g/mol. The molecule has 27 heavy (non-hydrogen) atoms. The van der Waals surface area contributed by atoms with Crippen LogP contribution >= 0.6 is 0 Å². The Hall–Kier alpha value is -3.27. The molecule has 2 aromatic carbocycles. The van der Waals surface area contributed by atoms with Crippen molar-refractivity contribution in [2.45, 2.75) is 6.42 Å². The highest BCUT2D eigenvalue weighted by Crippen LogP contribution is 2.30. The molecule has 0 unspecified atom stereocenters. The molecule has 0 saturated heterocycles. The van der Waals surface area contributed by atoms with Crippen LogP contribution in [0.15, 0.2) is 67.8 Å². The van der Waals surface area contributed by atoms with E-state index in [0.717, 1.165) is 16.9 Å². The first kappa shape index (κ1) is 20.0. The number of carbonyl (C=O) groups excluding carboxylic acids is 1. The van der Waals surface area contributed by atoms with Gasteiger partial charge in [-0.05, 0) is 54.5 Å². The third-order valence-electron chi connectivity index (χ3n) is 3.92. The minimum atomic E-state index is -0.103. The second-order valence-electron chi connectivity index (χ2n) is 5.72. The Labute approximate surface area is 160 Å². The Morgan fingerprint density at radius 1 is 1.00 bits per heavy atom. The van der Waals surface area contributed by atoms with Crippen LogP contribution in [0.25, 0.3) is 6.08 Å². The molecule has 0 aliphatic rings. The van der Waals surface area contributed by atoms with Gasteiger partial charge in [0.2, 0.25) is 0 Å². The van der Waals surface area contributed by atoms with Crippen LogP contribution in [0.5, 0.6) is 17.2 Å². The van der Waals surface area contributed by atoms with Gasteiger partial charge in [0.25, 0.3) is 0 Å². The minimum Gasteiger partial charge on any atom is -0.496 e. The zero-order chi connectivity index (χ0) is 19.6. The molecule has 0 amide bonds. The molecule has 140 valence electrons. The van der Waals surface area contributed by atoms with E-state index in [2.05, 4.69) is 13.2 Å². The van der Waals surface area contributed by atoms with Crippen molar-refractivity contribution < 1.29 is 19.0 Å². The van der Waals surface area contributed by atoms with Crippen LogP contribution in [0.4, 0.5) is 0 Å². The number of hydrogen-bond donors (Lipinski definition) is 0. The summed E-state index contributed by atoms with van der Waals surface area (Å²) >= 11 is 0. The van der Waals surface area contributed by atoms with Gasteiger partial charge in [-0.15, -0.1) is 6.58 Å². The number of ether oxygens (including phenoxy) is 3. The van der Waals surface area contributed by atoms with Crippen LogP contribution in [-0.4, -0.2) is 26.6 Å². The Bertz CT molecular complexity index is 832. The SMILES string of the molecule is C=CCOc1ccc(C(=O)/C=C/c2cc(CC=C)c(OC)cc2OC)cc1. The molecule has 0 saturated carbocycles. The van der Waals surface area contributed by atoms with Gasteiger partial charge in [0.15, 0.2) is 5.78 Å². The molecule has 0 heterocycles. The van der Waals surface area contributed by atoms with Gasteiger partial charge < -0.3 is 14.2 Å². The fourth-order valence-electron chi connectivity index (χ4n) is 2.57. The van der Waals surface area contributed by atoms with Crippen LogP contribution in [0.1, 0.15) is 21.5 Å². The first-order chi connectivity index (χ1) is 13.1. The number of benzene rings is 2. The van der Waals surface area contributed by atoms with E-state index in [-0.39, 0.29) is 5.78 Å². The van der Waals surface area contributed by atoms with Crippen molar-refractivity contribution in [1.29, 1.82) is 0 Å². The average molecular weight is 364 g/mol. The summed E-state index contributed by atoms with van der Waals surface area (Å²) in [7, 11) is 3.20. The maximum atomic E-state index is 12.5. The Morgan fingerprint density at radius 2 is 1.70 bits per heavy atom. The number of hydrogen-bond acceptors (Lipinski definition) is 4. The van der Waals surface area contributed by atoms with E-state index < -0.39 is 0 Å². The van der Waals surface area contributed by atoms with E-state index in [4.69, 9.17) is 14.2 Å². The van der Waals surface area contributed by atoms with Crippen molar-refractivity contribution in [2.75, 3.05) is 20.8 Å². The topological polar surface area (TPSA) is 44.8 Å². The van der Waals surface area contributed by atoms with E-state index >= 15 is 0 Å². The second-order valence-corrected chi connectivity index (χ2v) is 5.72. The van der Waals surface area contributed by atoms with Crippen molar-refractivity contribution in [3.8, 4) is 17.2 Å². The zero-order valence-electron chi connectivity index (χ0n) is 15.7. The highest BCUT2D eigenvalue weighted by molar-refractivity contribution is 6.07. The normalized spacial score (nSPS) is 10.4. The summed E-state index contributed by atoms with van der Waals surface area (Å²) in [5.41, 5.74) is 2.36. The van der Waals surface area contributed by atoms with Gasteiger partial charge in [0, 0.05) is 17.2 Å². The predicted octanol–water partition coefficient (Wildman–Crippen LogP) is 4.89. The Kier molecular flexibility index (Phi) is 7.44. The molecule has 2 rings (SSSR count). The third-order valence-corrected chi connectivity index (χ3v) is 3.92. The summed E-state index contributed by atoms with van der Waals surface area (Å²) in [6.45, 7) is 7.80. The predicted molar refractivity (Wildman–Crippen MR) is 109 cm³/mol. The van der Waals surface area contributed by atoms with Gasteiger partial charge in [0.1, 0.15) is 23.9 Å². The highest BCUT2D eigenvalue weighted by atomic mass is 16.5. The Morgan fingerprint density at radius 3 is 2.30 bits per heavy atom. The summed E-state index contributed by atoms with van der Waals surface area (Å²) in [6.07, 6.45) is 7.41. The van der Waals surface area contributed by atoms with Gasteiger partial charge in [-0.25, -0.2) is 0 Å². The molecule has 0 N–H and O–H groups in total.